The quantitative estimate of drug-likeness (QED) is 0.622. The second kappa shape index (κ2) is 10.5. The van der Waals surface area contributed by atoms with Crippen LogP contribution in [-0.2, 0) is 11.0 Å². The standard InChI is InChI=1S/C21H23F3N2O3/c1-15-4-2-5-18(14-15)29-13-3-6-19(27)25-11-12-26-20(28)16-7-9-17(10-8-16)21(22,23)24/h2,4-5,7-10,14H,3,6,11-13H2,1H3,(H,25,27)(H,26,28). The summed E-state index contributed by atoms with van der Waals surface area (Å²) in [6.07, 6.45) is -3.60. The van der Waals surface area contributed by atoms with Crippen molar-refractivity contribution in [3.05, 3.63) is 65.2 Å². The van der Waals surface area contributed by atoms with E-state index in [9.17, 15) is 22.8 Å². The maximum Gasteiger partial charge on any atom is 0.416 e. The Kier molecular flexibility index (Phi) is 8.06. The Labute approximate surface area is 167 Å². The number of ether oxygens (including phenoxy) is 1. The number of carbonyl (C=O) groups is 2. The molecule has 0 aliphatic heterocycles. The van der Waals surface area contributed by atoms with Crippen LogP contribution < -0.4 is 15.4 Å². The van der Waals surface area contributed by atoms with E-state index in [4.69, 9.17) is 4.74 Å². The van der Waals surface area contributed by atoms with Gasteiger partial charge in [0.2, 0.25) is 5.91 Å². The number of halogens is 3. The summed E-state index contributed by atoms with van der Waals surface area (Å²) < 4.78 is 43.1. The number of benzene rings is 2. The first-order valence-electron chi connectivity index (χ1n) is 9.17. The zero-order valence-electron chi connectivity index (χ0n) is 16.0. The SMILES string of the molecule is Cc1cccc(OCCCC(=O)NCCNC(=O)c2ccc(C(F)(F)F)cc2)c1. The fourth-order valence-electron chi connectivity index (χ4n) is 2.51. The second-order valence-corrected chi connectivity index (χ2v) is 6.45. The summed E-state index contributed by atoms with van der Waals surface area (Å²) in [6, 6.07) is 11.6. The first-order chi connectivity index (χ1) is 13.8. The van der Waals surface area contributed by atoms with Crippen LogP contribution in [0.5, 0.6) is 5.75 Å². The fraction of sp³-hybridized carbons (Fsp3) is 0.333. The number of aryl methyl sites for hydroxylation is 1. The Hall–Kier alpha value is -3.03. The van der Waals surface area contributed by atoms with Gasteiger partial charge < -0.3 is 15.4 Å². The molecule has 0 heterocycles. The van der Waals surface area contributed by atoms with Crippen molar-refractivity contribution in [3.63, 3.8) is 0 Å². The predicted molar refractivity (Wildman–Crippen MR) is 103 cm³/mol. The molecule has 0 radical (unpaired) electrons. The Morgan fingerprint density at radius 1 is 1.00 bits per heavy atom. The van der Waals surface area contributed by atoms with Crippen LogP contribution in [-0.4, -0.2) is 31.5 Å². The molecule has 8 heteroatoms. The van der Waals surface area contributed by atoms with Gasteiger partial charge in [-0.05, 0) is 55.3 Å². The van der Waals surface area contributed by atoms with Crippen LogP contribution in [0.15, 0.2) is 48.5 Å². The normalized spacial score (nSPS) is 11.0. The summed E-state index contributed by atoms with van der Waals surface area (Å²) in [6.45, 7) is 2.79. The number of alkyl halides is 3. The topological polar surface area (TPSA) is 67.4 Å². The zero-order valence-corrected chi connectivity index (χ0v) is 16.0. The minimum atomic E-state index is -4.44. The van der Waals surface area contributed by atoms with Crippen LogP contribution in [0.1, 0.15) is 34.3 Å². The summed E-state index contributed by atoms with van der Waals surface area (Å²) in [7, 11) is 0. The first kappa shape index (κ1) is 22.3. The molecule has 2 amide bonds. The van der Waals surface area contributed by atoms with Crippen LogP contribution in [0.4, 0.5) is 13.2 Å². The first-order valence-corrected chi connectivity index (χ1v) is 9.17. The average Bonchev–Trinajstić information content (AvgIpc) is 2.68. The van der Waals surface area contributed by atoms with E-state index in [-0.39, 0.29) is 24.6 Å². The smallest absolute Gasteiger partial charge is 0.416 e. The third-order valence-electron chi connectivity index (χ3n) is 4.01. The van der Waals surface area contributed by atoms with Gasteiger partial charge in [0.1, 0.15) is 5.75 Å². The fourth-order valence-corrected chi connectivity index (χ4v) is 2.51. The lowest BCUT2D eigenvalue weighted by Crippen LogP contribution is -2.34. The average molecular weight is 408 g/mol. The summed E-state index contributed by atoms with van der Waals surface area (Å²) in [4.78, 5) is 23.7. The molecular formula is C21H23F3N2O3. The van der Waals surface area contributed by atoms with Crippen molar-refractivity contribution in [2.24, 2.45) is 0 Å². The van der Waals surface area contributed by atoms with E-state index in [2.05, 4.69) is 10.6 Å². The lowest BCUT2D eigenvalue weighted by Gasteiger charge is -2.09. The molecule has 2 aromatic carbocycles. The van der Waals surface area contributed by atoms with Crippen molar-refractivity contribution in [2.75, 3.05) is 19.7 Å². The van der Waals surface area contributed by atoms with Gasteiger partial charge >= 0.3 is 6.18 Å². The predicted octanol–water partition coefficient (Wildman–Crippen LogP) is 3.72. The Bertz CT molecular complexity index is 821. The highest BCUT2D eigenvalue weighted by Crippen LogP contribution is 2.29. The van der Waals surface area contributed by atoms with Crippen molar-refractivity contribution >= 4 is 11.8 Å². The van der Waals surface area contributed by atoms with Crippen LogP contribution in [0.3, 0.4) is 0 Å². The number of rotatable bonds is 9. The molecular weight excluding hydrogens is 385 g/mol. The molecule has 0 spiro atoms. The van der Waals surface area contributed by atoms with E-state index in [1.807, 2.05) is 31.2 Å². The van der Waals surface area contributed by atoms with E-state index in [0.29, 0.717) is 19.4 Å². The minimum absolute atomic E-state index is 0.123. The summed E-state index contributed by atoms with van der Waals surface area (Å²) in [5, 5.41) is 5.22. The van der Waals surface area contributed by atoms with Crippen LogP contribution in [0.2, 0.25) is 0 Å². The molecule has 2 rings (SSSR count). The molecule has 29 heavy (non-hydrogen) atoms. The van der Waals surface area contributed by atoms with Gasteiger partial charge in [0.25, 0.3) is 5.91 Å². The molecule has 0 bridgehead atoms. The van der Waals surface area contributed by atoms with E-state index < -0.39 is 17.6 Å². The van der Waals surface area contributed by atoms with Crippen molar-refractivity contribution in [2.45, 2.75) is 25.9 Å². The van der Waals surface area contributed by atoms with Crippen LogP contribution in [0, 0.1) is 6.92 Å². The molecule has 156 valence electrons. The lowest BCUT2D eigenvalue weighted by atomic mass is 10.1. The molecule has 2 aromatic rings. The van der Waals surface area contributed by atoms with E-state index in [1.165, 1.54) is 0 Å². The summed E-state index contributed by atoms with van der Waals surface area (Å²) in [5.41, 5.74) is 0.406. The summed E-state index contributed by atoms with van der Waals surface area (Å²) in [5.74, 6) is 0.0949. The molecule has 5 nitrogen and oxygen atoms in total. The largest absolute Gasteiger partial charge is 0.494 e. The highest BCUT2D eigenvalue weighted by atomic mass is 19.4. The van der Waals surface area contributed by atoms with Gasteiger partial charge in [-0.2, -0.15) is 13.2 Å². The van der Waals surface area contributed by atoms with E-state index >= 15 is 0 Å². The van der Waals surface area contributed by atoms with Crippen molar-refractivity contribution in [3.8, 4) is 5.75 Å². The van der Waals surface area contributed by atoms with Crippen LogP contribution in [0.25, 0.3) is 0 Å². The maximum absolute atomic E-state index is 12.5. The molecule has 0 aromatic heterocycles. The van der Waals surface area contributed by atoms with Crippen molar-refractivity contribution in [1.82, 2.24) is 10.6 Å². The van der Waals surface area contributed by atoms with Crippen molar-refractivity contribution in [1.29, 1.82) is 0 Å². The number of hydrogen-bond donors (Lipinski definition) is 2. The molecule has 2 N–H and O–H groups in total. The monoisotopic (exact) mass is 408 g/mol. The van der Waals surface area contributed by atoms with Gasteiger partial charge in [0, 0.05) is 25.1 Å². The molecule has 0 aliphatic carbocycles. The third-order valence-corrected chi connectivity index (χ3v) is 4.01. The zero-order chi connectivity index (χ0) is 21.3. The number of amides is 2. The van der Waals surface area contributed by atoms with Crippen molar-refractivity contribution < 1.29 is 27.5 Å². The lowest BCUT2D eigenvalue weighted by molar-refractivity contribution is -0.137. The molecule has 0 saturated carbocycles. The van der Waals surface area contributed by atoms with Gasteiger partial charge in [-0.15, -0.1) is 0 Å². The maximum atomic E-state index is 12.5. The Morgan fingerprint density at radius 3 is 2.34 bits per heavy atom. The van der Waals surface area contributed by atoms with Gasteiger partial charge in [0.05, 0.1) is 12.2 Å². The van der Waals surface area contributed by atoms with E-state index in [0.717, 1.165) is 35.6 Å². The number of nitrogens with one attached hydrogen (secondary N) is 2. The second-order valence-electron chi connectivity index (χ2n) is 6.45. The van der Waals surface area contributed by atoms with E-state index in [1.54, 1.807) is 0 Å². The highest BCUT2D eigenvalue weighted by Gasteiger charge is 2.30. The van der Waals surface area contributed by atoms with Gasteiger partial charge in [0.15, 0.2) is 0 Å². The van der Waals surface area contributed by atoms with Crippen LogP contribution >= 0.6 is 0 Å². The molecule has 0 saturated heterocycles. The molecule has 0 aliphatic rings. The minimum Gasteiger partial charge on any atom is -0.494 e. The molecule has 0 fully saturated rings. The molecule has 0 atom stereocenters. The highest BCUT2D eigenvalue weighted by molar-refractivity contribution is 5.94. The van der Waals surface area contributed by atoms with Gasteiger partial charge in [-0.25, -0.2) is 0 Å². The summed E-state index contributed by atoms with van der Waals surface area (Å²) >= 11 is 0. The Balaban J connectivity index is 1.59. The Morgan fingerprint density at radius 2 is 1.69 bits per heavy atom. The van der Waals surface area contributed by atoms with Gasteiger partial charge in [-0.3, -0.25) is 9.59 Å². The third kappa shape index (κ3) is 7.85. The molecule has 0 unspecified atom stereocenters. The number of carbonyl (C=O) groups excluding carboxylic acids is 2. The van der Waals surface area contributed by atoms with Gasteiger partial charge in [-0.1, -0.05) is 12.1 Å². The number of hydrogen-bond acceptors (Lipinski definition) is 3.